The molecule has 0 aromatic carbocycles. The van der Waals surface area contributed by atoms with Crippen molar-refractivity contribution in [2.75, 3.05) is 31.6 Å². The maximum Gasteiger partial charge on any atom is 0.191 e. The van der Waals surface area contributed by atoms with E-state index in [9.17, 15) is 0 Å². The van der Waals surface area contributed by atoms with E-state index in [1.165, 1.54) is 0 Å². The highest BCUT2D eigenvalue weighted by atomic mass is 127. The van der Waals surface area contributed by atoms with Crippen molar-refractivity contribution >= 4 is 35.8 Å². The number of nitrogens with one attached hydrogen (secondary N) is 2. The van der Waals surface area contributed by atoms with E-state index in [2.05, 4.69) is 56.7 Å². The molecule has 2 N–H and O–H groups in total. The second-order valence-corrected chi connectivity index (χ2v) is 6.36. The number of hydrogen-bond acceptors (Lipinski definition) is 4. The molecule has 1 unspecified atom stereocenters. The van der Waals surface area contributed by atoms with E-state index in [1.54, 1.807) is 7.05 Å². The lowest BCUT2D eigenvalue weighted by atomic mass is 10.2. The highest BCUT2D eigenvalue weighted by molar-refractivity contribution is 14.0. The average Bonchev–Trinajstić information content (AvgIpc) is 3.12. The van der Waals surface area contributed by atoms with Gasteiger partial charge in [-0.2, -0.15) is 0 Å². The number of ether oxygens (including phenoxy) is 1. The quantitative estimate of drug-likeness (QED) is 0.315. The molecule has 2 heterocycles. The van der Waals surface area contributed by atoms with Crippen molar-refractivity contribution in [3.05, 3.63) is 36.0 Å². The van der Waals surface area contributed by atoms with Crippen molar-refractivity contribution in [2.45, 2.75) is 38.5 Å². The van der Waals surface area contributed by atoms with Crippen molar-refractivity contribution < 1.29 is 4.74 Å². The van der Waals surface area contributed by atoms with Gasteiger partial charge >= 0.3 is 0 Å². The lowest BCUT2D eigenvalue weighted by molar-refractivity contribution is 0.0529. The SMILES string of the molecule is CN=C(NCc1ccc(N2CCOC(C)C2)nc1)NC1CC=CC1.I. The zero-order valence-electron chi connectivity index (χ0n) is 14.9. The molecule has 0 amide bonds. The van der Waals surface area contributed by atoms with E-state index >= 15 is 0 Å². The van der Waals surface area contributed by atoms with E-state index in [0.717, 1.165) is 49.9 Å². The summed E-state index contributed by atoms with van der Waals surface area (Å²) in [6.07, 6.45) is 8.75. The molecule has 25 heavy (non-hydrogen) atoms. The largest absolute Gasteiger partial charge is 0.375 e. The van der Waals surface area contributed by atoms with E-state index in [-0.39, 0.29) is 30.1 Å². The zero-order valence-corrected chi connectivity index (χ0v) is 17.3. The molecule has 2 aliphatic rings. The summed E-state index contributed by atoms with van der Waals surface area (Å²) in [4.78, 5) is 11.2. The number of guanidine groups is 1. The Morgan fingerprint density at radius 1 is 1.36 bits per heavy atom. The van der Waals surface area contributed by atoms with Crippen molar-refractivity contribution in [1.29, 1.82) is 0 Å². The van der Waals surface area contributed by atoms with E-state index < -0.39 is 0 Å². The monoisotopic (exact) mass is 457 g/mol. The normalized spacial score (nSPS) is 21.1. The number of aromatic nitrogens is 1. The van der Waals surface area contributed by atoms with Crippen LogP contribution in [-0.2, 0) is 11.3 Å². The lowest BCUT2D eigenvalue weighted by Gasteiger charge is -2.32. The van der Waals surface area contributed by atoms with Crippen LogP contribution in [0.2, 0.25) is 0 Å². The summed E-state index contributed by atoms with van der Waals surface area (Å²) in [5.41, 5.74) is 1.15. The van der Waals surface area contributed by atoms with Crippen LogP contribution in [0.5, 0.6) is 0 Å². The van der Waals surface area contributed by atoms with Gasteiger partial charge in [0.1, 0.15) is 5.82 Å². The number of anilines is 1. The molecule has 138 valence electrons. The summed E-state index contributed by atoms with van der Waals surface area (Å²) in [7, 11) is 1.80. The van der Waals surface area contributed by atoms with Crippen LogP contribution < -0.4 is 15.5 Å². The predicted molar refractivity (Wildman–Crippen MR) is 113 cm³/mol. The van der Waals surface area contributed by atoms with Crippen LogP contribution in [0.4, 0.5) is 5.82 Å². The van der Waals surface area contributed by atoms with Crippen molar-refractivity contribution in [3.8, 4) is 0 Å². The van der Waals surface area contributed by atoms with Gasteiger partial charge in [-0.25, -0.2) is 4.98 Å². The summed E-state index contributed by atoms with van der Waals surface area (Å²) < 4.78 is 5.58. The number of halogens is 1. The molecule has 0 radical (unpaired) electrons. The summed E-state index contributed by atoms with van der Waals surface area (Å²) in [5.74, 6) is 1.86. The number of nitrogens with zero attached hydrogens (tertiary/aromatic N) is 3. The van der Waals surface area contributed by atoms with Crippen LogP contribution in [-0.4, -0.2) is 49.8 Å². The Kier molecular flexibility index (Phi) is 7.95. The first-order chi connectivity index (χ1) is 11.7. The summed E-state index contributed by atoms with van der Waals surface area (Å²) in [6, 6.07) is 4.67. The number of pyridine rings is 1. The summed E-state index contributed by atoms with van der Waals surface area (Å²) >= 11 is 0. The molecule has 1 atom stereocenters. The fourth-order valence-corrected chi connectivity index (χ4v) is 3.04. The fraction of sp³-hybridized carbons (Fsp3) is 0.556. The smallest absolute Gasteiger partial charge is 0.191 e. The van der Waals surface area contributed by atoms with Gasteiger partial charge < -0.3 is 20.3 Å². The van der Waals surface area contributed by atoms with Crippen LogP contribution >= 0.6 is 24.0 Å². The van der Waals surface area contributed by atoms with Gasteiger partial charge in [0.05, 0.1) is 12.7 Å². The Morgan fingerprint density at radius 3 is 2.80 bits per heavy atom. The first-order valence-corrected chi connectivity index (χ1v) is 8.68. The Labute approximate surface area is 167 Å². The Hall–Kier alpha value is -1.35. The standard InChI is InChI=1S/C18H27N5O.HI/c1-14-13-23(9-10-24-14)17-8-7-15(11-20-17)12-21-18(19-2)22-16-5-3-4-6-16;/h3-4,7-8,11,14,16H,5-6,9-10,12-13H2,1-2H3,(H2,19,21,22);1H. The first-order valence-electron chi connectivity index (χ1n) is 8.68. The van der Waals surface area contributed by atoms with Gasteiger partial charge in [-0.1, -0.05) is 18.2 Å². The minimum Gasteiger partial charge on any atom is -0.375 e. The first kappa shape index (κ1) is 20.0. The molecule has 1 saturated heterocycles. The summed E-state index contributed by atoms with van der Waals surface area (Å²) in [5, 5.41) is 6.79. The van der Waals surface area contributed by atoms with Crippen molar-refractivity contribution in [2.24, 2.45) is 4.99 Å². The van der Waals surface area contributed by atoms with Crippen molar-refractivity contribution in [3.63, 3.8) is 0 Å². The molecule has 0 spiro atoms. The Morgan fingerprint density at radius 2 is 2.16 bits per heavy atom. The highest BCUT2D eigenvalue weighted by Crippen LogP contribution is 2.15. The molecule has 1 aliphatic carbocycles. The molecule has 1 aromatic heterocycles. The number of hydrogen-bond donors (Lipinski definition) is 2. The molecule has 6 nitrogen and oxygen atoms in total. The van der Waals surface area contributed by atoms with Crippen molar-refractivity contribution in [1.82, 2.24) is 15.6 Å². The fourth-order valence-electron chi connectivity index (χ4n) is 3.04. The topological polar surface area (TPSA) is 61.8 Å². The molecule has 7 heteroatoms. The molecule has 1 aromatic rings. The van der Waals surface area contributed by atoms with Gasteiger partial charge in [-0.3, -0.25) is 4.99 Å². The second-order valence-electron chi connectivity index (χ2n) is 6.36. The number of rotatable bonds is 4. The van der Waals surface area contributed by atoms with Gasteiger partial charge in [0.25, 0.3) is 0 Å². The second kappa shape index (κ2) is 9.96. The molecule has 1 fully saturated rings. The van der Waals surface area contributed by atoms with Gasteiger partial charge in [0.2, 0.25) is 0 Å². The molecular formula is C18H28IN5O. The van der Waals surface area contributed by atoms with Crippen LogP contribution in [0, 0.1) is 0 Å². The summed E-state index contributed by atoms with van der Waals surface area (Å²) in [6.45, 7) is 5.39. The van der Waals surface area contributed by atoms with Crippen LogP contribution in [0.15, 0.2) is 35.5 Å². The van der Waals surface area contributed by atoms with E-state index in [0.29, 0.717) is 12.6 Å². The third-order valence-electron chi connectivity index (χ3n) is 4.41. The molecule has 3 rings (SSSR count). The predicted octanol–water partition coefficient (Wildman–Crippen LogP) is 2.31. The molecule has 1 aliphatic heterocycles. The number of aliphatic imine (C=N–C) groups is 1. The van der Waals surface area contributed by atoms with Crippen LogP contribution in [0.25, 0.3) is 0 Å². The third kappa shape index (κ3) is 5.85. The lowest BCUT2D eigenvalue weighted by Crippen LogP contribution is -2.42. The Balaban J connectivity index is 0.00000225. The van der Waals surface area contributed by atoms with Gasteiger partial charge in [0.15, 0.2) is 5.96 Å². The van der Waals surface area contributed by atoms with Gasteiger partial charge in [-0.05, 0) is 31.4 Å². The van der Waals surface area contributed by atoms with E-state index in [1.807, 2.05) is 6.20 Å². The average molecular weight is 457 g/mol. The maximum atomic E-state index is 5.58. The maximum absolute atomic E-state index is 5.58. The minimum absolute atomic E-state index is 0. The van der Waals surface area contributed by atoms with Gasteiger partial charge in [-0.15, -0.1) is 24.0 Å². The van der Waals surface area contributed by atoms with Crippen LogP contribution in [0.3, 0.4) is 0 Å². The molecule has 0 saturated carbocycles. The zero-order chi connectivity index (χ0) is 16.8. The minimum atomic E-state index is 0. The van der Waals surface area contributed by atoms with Gasteiger partial charge in [0, 0.05) is 38.9 Å². The highest BCUT2D eigenvalue weighted by Gasteiger charge is 2.17. The van der Waals surface area contributed by atoms with Crippen LogP contribution in [0.1, 0.15) is 25.3 Å². The number of morpholine rings is 1. The molecular weight excluding hydrogens is 429 g/mol. The Bertz CT molecular complexity index is 582. The third-order valence-corrected chi connectivity index (χ3v) is 4.41. The molecule has 0 bridgehead atoms. The van der Waals surface area contributed by atoms with E-state index in [4.69, 9.17) is 4.74 Å².